The molecule has 2 heterocycles. The van der Waals surface area contributed by atoms with Crippen LogP contribution in [-0.2, 0) is 0 Å². The average Bonchev–Trinajstić information content (AvgIpc) is 2.40. The van der Waals surface area contributed by atoms with Gasteiger partial charge in [-0.3, -0.25) is 4.90 Å². The van der Waals surface area contributed by atoms with Crippen molar-refractivity contribution in [2.24, 2.45) is 11.8 Å². The first-order valence-corrected chi connectivity index (χ1v) is 8.26. The Bertz CT molecular complexity index is 269. The number of piperazine rings is 1. The molecule has 4 unspecified atom stereocenters. The summed E-state index contributed by atoms with van der Waals surface area (Å²) in [4.78, 5) is 5.25. The lowest BCUT2D eigenvalue weighted by Crippen LogP contribution is -2.58. The number of piperidine rings is 1. The van der Waals surface area contributed by atoms with E-state index in [1.807, 2.05) is 0 Å². The van der Waals surface area contributed by atoms with Gasteiger partial charge in [0.1, 0.15) is 0 Å². The largest absolute Gasteiger partial charge is 0.311 e. The van der Waals surface area contributed by atoms with Crippen LogP contribution in [0.1, 0.15) is 40.0 Å². The topological polar surface area (TPSA) is 18.5 Å². The van der Waals surface area contributed by atoms with Gasteiger partial charge in [0.05, 0.1) is 0 Å². The standard InChI is InChI=1S/C16H33N3/c1-5-13(2)16-12-19(14(3)9-17-16)11-15-7-6-8-18(4)10-15/h13-17H,5-12H2,1-4H3. The zero-order chi connectivity index (χ0) is 13.8. The number of nitrogens with zero attached hydrogens (tertiary/aromatic N) is 2. The molecule has 0 radical (unpaired) electrons. The highest BCUT2D eigenvalue weighted by Crippen LogP contribution is 2.21. The van der Waals surface area contributed by atoms with E-state index in [9.17, 15) is 0 Å². The molecule has 1 N–H and O–H groups in total. The molecule has 2 saturated heterocycles. The van der Waals surface area contributed by atoms with Crippen LogP contribution in [0.4, 0.5) is 0 Å². The smallest absolute Gasteiger partial charge is 0.0221 e. The molecule has 112 valence electrons. The molecule has 19 heavy (non-hydrogen) atoms. The average molecular weight is 267 g/mol. The van der Waals surface area contributed by atoms with Crippen molar-refractivity contribution in [3.8, 4) is 0 Å². The maximum atomic E-state index is 3.74. The molecule has 0 bridgehead atoms. The molecule has 0 aromatic carbocycles. The van der Waals surface area contributed by atoms with Gasteiger partial charge in [-0.1, -0.05) is 20.3 Å². The Morgan fingerprint density at radius 2 is 2.11 bits per heavy atom. The van der Waals surface area contributed by atoms with Crippen molar-refractivity contribution in [2.45, 2.75) is 52.1 Å². The minimum absolute atomic E-state index is 0.697. The van der Waals surface area contributed by atoms with E-state index < -0.39 is 0 Å². The van der Waals surface area contributed by atoms with Gasteiger partial charge in [0, 0.05) is 38.3 Å². The predicted molar refractivity (Wildman–Crippen MR) is 82.5 cm³/mol. The van der Waals surface area contributed by atoms with Crippen LogP contribution < -0.4 is 5.32 Å². The fourth-order valence-corrected chi connectivity index (χ4v) is 3.62. The summed E-state index contributed by atoms with van der Waals surface area (Å²) < 4.78 is 0. The summed E-state index contributed by atoms with van der Waals surface area (Å²) in [6.07, 6.45) is 4.09. The third-order valence-electron chi connectivity index (χ3n) is 5.28. The summed E-state index contributed by atoms with van der Waals surface area (Å²) >= 11 is 0. The van der Waals surface area contributed by atoms with Crippen molar-refractivity contribution < 1.29 is 0 Å². The second kappa shape index (κ2) is 7.05. The highest BCUT2D eigenvalue weighted by Gasteiger charge is 2.30. The van der Waals surface area contributed by atoms with Gasteiger partial charge in [-0.2, -0.15) is 0 Å². The van der Waals surface area contributed by atoms with E-state index >= 15 is 0 Å². The van der Waals surface area contributed by atoms with Crippen LogP contribution in [-0.4, -0.2) is 61.7 Å². The summed E-state index contributed by atoms with van der Waals surface area (Å²) in [5, 5.41) is 3.74. The molecule has 0 saturated carbocycles. The van der Waals surface area contributed by atoms with Crippen LogP contribution in [0.25, 0.3) is 0 Å². The lowest BCUT2D eigenvalue weighted by molar-refractivity contribution is 0.0798. The van der Waals surface area contributed by atoms with Gasteiger partial charge in [-0.25, -0.2) is 0 Å². The quantitative estimate of drug-likeness (QED) is 0.841. The van der Waals surface area contributed by atoms with E-state index in [0.29, 0.717) is 12.1 Å². The van der Waals surface area contributed by atoms with Crippen molar-refractivity contribution in [3.63, 3.8) is 0 Å². The van der Waals surface area contributed by atoms with Crippen LogP contribution in [0.5, 0.6) is 0 Å². The second-order valence-corrected chi connectivity index (χ2v) is 6.97. The summed E-state index contributed by atoms with van der Waals surface area (Å²) in [5.74, 6) is 1.68. The van der Waals surface area contributed by atoms with Crippen LogP contribution in [0.2, 0.25) is 0 Å². The molecule has 4 atom stereocenters. The molecular formula is C16H33N3. The molecule has 3 heteroatoms. The van der Waals surface area contributed by atoms with Crippen LogP contribution in [0.3, 0.4) is 0 Å². The molecule has 2 fully saturated rings. The van der Waals surface area contributed by atoms with Crippen molar-refractivity contribution in [1.82, 2.24) is 15.1 Å². The highest BCUT2D eigenvalue weighted by molar-refractivity contribution is 4.88. The molecule has 0 aromatic heterocycles. The Morgan fingerprint density at radius 1 is 1.32 bits per heavy atom. The molecule has 0 aliphatic carbocycles. The van der Waals surface area contributed by atoms with Gasteiger partial charge in [0.2, 0.25) is 0 Å². The number of hydrogen-bond donors (Lipinski definition) is 1. The summed E-state index contributed by atoms with van der Waals surface area (Å²) in [6.45, 7) is 13.4. The zero-order valence-electron chi connectivity index (χ0n) is 13.4. The van der Waals surface area contributed by atoms with E-state index in [0.717, 1.165) is 18.4 Å². The zero-order valence-corrected chi connectivity index (χ0v) is 13.4. The molecule has 0 spiro atoms. The fourth-order valence-electron chi connectivity index (χ4n) is 3.62. The third kappa shape index (κ3) is 4.17. The Labute approximate surface area is 119 Å². The van der Waals surface area contributed by atoms with Gasteiger partial charge >= 0.3 is 0 Å². The van der Waals surface area contributed by atoms with E-state index in [1.165, 1.54) is 45.4 Å². The summed E-state index contributed by atoms with van der Waals surface area (Å²) in [6, 6.07) is 1.40. The predicted octanol–water partition coefficient (Wildman–Crippen LogP) is 2.04. The number of hydrogen-bond acceptors (Lipinski definition) is 3. The van der Waals surface area contributed by atoms with Gasteiger partial charge in [-0.15, -0.1) is 0 Å². The summed E-state index contributed by atoms with van der Waals surface area (Å²) in [7, 11) is 2.27. The molecular weight excluding hydrogens is 234 g/mol. The molecule has 3 nitrogen and oxygen atoms in total. The van der Waals surface area contributed by atoms with Crippen molar-refractivity contribution >= 4 is 0 Å². The van der Waals surface area contributed by atoms with E-state index in [-0.39, 0.29) is 0 Å². The molecule has 2 aliphatic heterocycles. The minimum atomic E-state index is 0.697. The van der Waals surface area contributed by atoms with Crippen LogP contribution in [0.15, 0.2) is 0 Å². The fraction of sp³-hybridized carbons (Fsp3) is 1.00. The van der Waals surface area contributed by atoms with Gasteiger partial charge in [0.25, 0.3) is 0 Å². The first-order chi connectivity index (χ1) is 9.10. The van der Waals surface area contributed by atoms with Gasteiger partial charge in [-0.05, 0) is 45.2 Å². The molecule has 2 aliphatic rings. The first-order valence-electron chi connectivity index (χ1n) is 8.26. The van der Waals surface area contributed by atoms with Crippen molar-refractivity contribution in [3.05, 3.63) is 0 Å². The Morgan fingerprint density at radius 3 is 2.79 bits per heavy atom. The van der Waals surface area contributed by atoms with Crippen molar-refractivity contribution in [2.75, 3.05) is 39.8 Å². The first kappa shape index (κ1) is 15.3. The van der Waals surface area contributed by atoms with Crippen LogP contribution >= 0.6 is 0 Å². The normalized spacial score (nSPS) is 36.3. The number of nitrogens with one attached hydrogen (secondary N) is 1. The maximum Gasteiger partial charge on any atom is 0.0221 e. The maximum absolute atomic E-state index is 3.74. The Hall–Kier alpha value is -0.120. The number of rotatable bonds is 4. The van der Waals surface area contributed by atoms with Gasteiger partial charge < -0.3 is 10.2 Å². The van der Waals surface area contributed by atoms with E-state index in [1.54, 1.807) is 0 Å². The lowest BCUT2D eigenvalue weighted by Gasteiger charge is -2.43. The molecule has 0 amide bonds. The van der Waals surface area contributed by atoms with Crippen molar-refractivity contribution in [1.29, 1.82) is 0 Å². The van der Waals surface area contributed by atoms with Crippen LogP contribution in [0, 0.1) is 11.8 Å². The van der Waals surface area contributed by atoms with E-state index in [2.05, 4.69) is 42.9 Å². The second-order valence-electron chi connectivity index (χ2n) is 6.97. The van der Waals surface area contributed by atoms with Gasteiger partial charge in [0.15, 0.2) is 0 Å². The lowest BCUT2D eigenvalue weighted by atomic mass is 9.93. The highest BCUT2D eigenvalue weighted by atomic mass is 15.2. The monoisotopic (exact) mass is 267 g/mol. The Balaban J connectivity index is 1.86. The summed E-state index contributed by atoms with van der Waals surface area (Å²) in [5.41, 5.74) is 0. The molecule has 2 rings (SSSR count). The molecule has 0 aromatic rings. The van der Waals surface area contributed by atoms with E-state index in [4.69, 9.17) is 0 Å². The SMILES string of the molecule is CCC(C)C1CN(CC2CCCN(C)C2)C(C)CN1. The third-order valence-corrected chi connectivity index (χ3v) is 5.28. The minimum Gasteiger partial charge on any atom is -0.311 e. The number of likely N-dealkylation sites (tertiary alicyclic amines) is 1. The Kier molecular flexibility index (Phi) is 5.67.